The summed E-state index contributed by atoms with van der Waals surface area (Å²) in [5.74, 6) is -3.23. The van der Waals surface area contributed by atoms with Gasteiger partial charge in [-0.1, -0.05) is 19.1 Å². The summed E-state index contributed by atoms with van der Waals surface area (Å²) in [6.45, 7) is 1.96. The van der Waals surface area contributed by atoms with Crippen LogP contribution in [0.4, 0.5) is 5.00 Å². The van der Waals surface area contributed by atoms with Crippen LogP contribution in [0.2, 0.25) is 0 Å². The van der Waals surface area contributed by atoms with Crippen LogP contribution in [-0.4, -0.2) is 30.1 Å². The molecule has 128 valence electrons. The fraction of sp³-hybridized carbons (Fsp3) is 0.471. The number of anilines is 1. The average Bonchev–Trinajstić information content (AvgIpc) is 3.27. The minimum atomic E-state index is -0.944. The first-order valence-corrected chi connectivity index (χ1v) is 8.70. The molecule has 4 unspecified atom stereocenters. The van der Waals surface area contributed by atoms with Crippen LogP contribution in [-0.2, 0) is 20.7 Å². The minimum Gasteiger partial charge on any atom is -0.481 e. The molecule has 2 bridgehead atoms. The van der Waals surface area contributed by atoms with Gasteiger partial charge in [-0.15, -0.1) is 11.3 Å². The zero-order valence-electron chi connectivity index (χ0n) is 13.4. The van der Waals surface area contributed by atoms with Gasteiger partial charge in [0.05, 0.1) is 24.5 Å². The highest BCUT2D eigenvalue weighted by Gasteiger charge is 2.51. The van der Waals surface area contributed by atoms with Crippen LogP contribution in [0, 0.1) is 23.7 Å². The van der Waals surface area contributed by atoms with E-state index in [-0.39, 0.29) is 17.7 Å². The van der Waals surface area contributed by atoms with Crippen LogP contribution >= 0.6 is 11.3 Å². The number of hydrogen-bond acceptors (Lipinski definition) is 5. The Morgan fingerprint density at radius 3 is 2.54 bits per heavy atom. The van der Waals surface area contributed by atoms with E-state index < -0.39 is 23.8 Å². The molecule has 0 aliphatic heterocycles. The molecule has 7 heteroatoms. The molecule has 0 radical (unpaired) electrons. The Morgan fingerprint density at radius 2 is 1.96 bits per heavy atom. The average molecular weight is 349 g/mol. The second-order valence-corrected chi connectivity index (χ2v) is 7.26. The molecular formula is C17H19NO5S. The van der Waals surface area contributed by atoms with E-state index in [1.807, 2.05) is 19.1 Å². The molecule has 1 amide bonds. The van der Waals surface area contributed by atoms with Gasteiger partial charge < -0.3 is 15.2 Å². The van der Waals surface area contributed by atoms with Crippen LogP contribution in [0.5, 0.6) is 0 Å². The van der Waals surface area contributed by atoms with Crippen molar-refractivity contribution in [3.05, 3.63) is 28.7 Å². The van der Waals surface area contributed by atoms with Gasteiger partial charge in [-0.3, -0.25) is 9.59 Å². The topological polar surface area (TPSA) is 92.7 Å². The van der Waals surface area contributed by atoms with Crippen molar-refractivity contribution in [3.8, 4) is 0 Å². The largest absolute Gasteiger partial charge is 0.481 e. The molecule has 0 spiro atoms. The number of aliphatic carboxylic acids is 1. The summed E-state index contributed by atoms with van der Waals surface area (Å²) < 4.78 is 4.76. The highest BCUT2D eigenvalue weighted by molar-refractivity contribution is 7.16. The first kappa shape index (κ1) is 16.7. The van der Waals surface area contributed by atoms with Crippen molar-refractivity contribution in [2.45, 2.75) is 19.8 Å². The number of hydrogen-bond donors (Lipinski definition) is 2. The number of thiophene rings is 1. The molecule has 1 aromatic heterocycles. The zero-order valence-corrected chi connectivity index (χ0v) is 14.3. The number of carbonyl (C=O) groups is 3. The maximum absolute atomic E-state index is 12.7. The standard InChI is InChI=1S/C17H19NO5S/c1-3-10-7-11(17(22)23-2)15(24-10)18-14(19)12-8-4-5-9(6-8)13(12)16(20)21/h4-5,7-9,12-13H,3,6H2,1-2H3,(H,18,19)(H,20,21). The SMILES string of the molecule is CCc1cc(C(=O)OC)c(NC(=O)C2C3C=CC(C3)C2C(=O)O)s1. The van der Waals surface area contributed by atoms with Crippen molar-refractivity contribution in [1.82, 2.24) is 0 Å². The number of methoxy groups -OCH3 is 1. The Bertz CT molecular complexity index is 723. The predicted octanol–water partition coefficient (Wildman–Crippen LogP) is 2.56. The summed E-state index contributed by atoms with van der Waals surface area (Å²) in [6.07, 6.45) is 5.26. The lowest BCUT2D eigenvalue weighted by Crippen LogP contribution is -2.36. The normalized spacial score (nSPS) is 27.2. The summed E-state index contributed by atoms with van der Waals surface area (Å²) in [6, 6.07) is 1.71. The van der Waals surface area contributed by atoms with Crippen molar-refractivity contribution in [2.75, 3.05) is 12.4 Å². The molecule has 2 aliphatic carbocycles. The van der Waals surface area contributed by atoms with Crippen LogP contribution in [0.15, 0.2) is 18.2 Å². The van der Waals surface area contributed by atoms with Crippen LogP contribution in [0.25, 0.3) is 0 Å². The van der Waals surface area contributed by atoms with Crippen LogP contribution in [0.3, 0.4) is 0 Å². The molecule has 6 nitrogen and oxygen atoms in total. The molecular weight excluding hydrogens is 330 g/mol. The van der Waals surface area contributed by atoms with Crippen LogP contribution in [0.1, 0.15) is 28.6 Å². The Labute approximate surface area is 143 Å². The molecule has 2 aliphatic rings. The second kappa shape index (κ2) is 6.39. The van der Waals surface area contributed by atoms with E-state index in [4.69, 9.17) is 4.74 Å². The smallest absolute Gasteiger partial charge is 0.340 e. The summed E-state index contributed by atoms with van der Waals surface area (Å²) in [5.41, 5.74) is 0.318. The van der Waals surface area contributed by atoms with E-state index in [1.54, 1.807) is 6.07 Å². The number of carbonyl (C=O) groups excluding carboxylic acids is 2. The first-order chi connectivity index (χ1) is 11.5. The molecule has 24 heavy (non-hydrogen) atoms. The van der Waals surface area contributed by atoms with Crippen molar-refractivity contribution in [3.63, 3.8) is 0 Å². The van der Waals surface area contributed by atoms with Gasteiger partial charge in [-0.05, 0) is 30.7 Å². The number of amides is 1. The van der Waals surface area contributed by atoms with Gasteiger partial charge in [0.15, 0.2) is 0 Å². The number of carboxylic acids is 1. The van der Waals surface area contributed by atoms with E-state index in [9.17, 15) is 19.5 Å². The number of nitrogens with one attached hydrogen (secondary N) is 1. The molecule has 4 atom stereocenters. The van der Waals surface area contributed by atoms with Crippen molar-refractivity contribution < 1.29 is 24.2 Å². The quantitative estimate of drug-likeness (QED) is 0.629. The number of carboxylic acid groups (broad SMARTS) is 1. The number of fused-ring (bicyclic) bond motifs is 2. The third kappa shape index (κ3) is 2.73. The van der Waals surface area contributed by atoms with E-state index in [1.165, 1.54) is 18.4 Å². The Morgan fingerprint density at radius 1 is 1.29 bits per heavy atom. The fourth-order valence-electron chi connectivity index (χ4n) is 3.68. The van der Waals surface area contributed by atoms with Crippen molar-refractivity contribution in [1.29, 1.82) is 0 Å². The van der Waals surface area contributed by atoms with Gasteiger partial charge in [0.2, 0.25) is 5.91 Å². The van der Waals surface area contributed by atoms with Crippen molar-refractivity contribution >= 4 is 34.2 Å². The van der Waals surface area contributed by atoms with E-state index >= 15 is 0 Å². The predicted molar refractivity (Wildman–Crippen MR) is 89.0 cm³/mol. The van der Waals surface area contributed by atoms with E-state index in [0.717, 1.165) is 11.3 Å². The summed E-state index contributed by atoms with van der Waals surface area (Å²) in [7, 11) is 1.29. The molecule has 1 fully saturated rings. The second-order valence-electron chi connectivity index (χ2n) is 6.13. The number of allylic oxidation sites excluding steroid dienone is 2. The van der Waals surface area contributed by atoms with Crippen LogP contribution < -0.4 is 5.32 Å². The molecule has 3 rings (SSSR count). The Hall–Kier alpha value is -2.15. The Kier molecular flexibility index (Phi) is 4.45. The number of rotatable bonds is 5. The highest BCUT2D eigenvalue weighted by Crippen LogP contribution is 2.48. The lowest BCUT2D eigenvalue weighted by molar-refractivity contribution is -0.146. The van der Waals surface area contributed by atoms with E-state index in [0.29, 0.717) is 17.0 Å². The lowest BCUT2D eigenvalue weighted by atomic mass is 9.82. The molecule has 1 heterocycles. The van der Waals surface area contributed by atoms with Gasteiger partial charge in [0.1, 0.15) is 5.00 Å². The first-order valence-electron chi connectivity index (χ1n) is 7.89. The van der Waals surface area contributed by atoms with E-state index in [2.05, 4.69) is 5.32 Å². The lowest BCUT2D eigenvalue weighted by Gasteiger charge is -2.23. The summed E-state index contributed by atoms with van der Waals surface area (Å²) in [4.78, 5) is 37.1. The van der Waals surface area contributed by atoms with Gasteiger partial charge in [-0.25, -0.2) is 4.79 Å². The van der Waals surface area contributed by atoms with Gasteiger partial charge in [0.25, 0.3) is 0 Å². The summed E-state index contributed by atoms with van der Waals surface area (Å²) in [5, 5.41) is 12.7. The molecule has 0 saturated heterocycles. The number of aryl methyl sites for hydroxylation is 1. The molecule has 1 saturated carbocycles. The van der Waals surface area contributed by atoms with Gasteiger partial charge >= 0.3 is 11.9 Å². The third-order valence-corrected chi connectivity index (χ3v) is 6.02. The number of esters is 1. The third-order valence-electron chi connectivity index (χ3n) is 4.82. The molecule has 0 aromatic carbocycles. The summed E-state index contributed by atoms with van der Waals surface area (Å²) >= 11 is 1.32. The monoisotopic (exact) mass is 349 g/mol. The minimum absolute atomic E-state index is 0.0525. The zero-order chi connectivity index (χ0) is 17.4. The fourth-order valence-corrected chi connectivity index (χ4v) is 4.67. The highest BCUT2D eigenvalue weighted by atomic mass is 32.1. The number of ether oxygens (including phenoxy) is 1. The molecule has 2 N–H and O–H groups in total. The molecule has 1 aromatic rings. The van der Waals surface area contributed by atoms with Gasteiger partial charge in [-0.2, -0.15) is 0 Å². The maximum Gasteiger partial charge on any atom is 0.340 e. The maximum atomic E-state index is 12.7. The van der Waals surface area contributed by atoms with Gasteiger partial charge in [0, 0.05) is 4.88 Å². The van der Waals surface area contributed by atoms with Crippen molar-refractivity contribution in [2.24, 2.45) is 23.7 Å². The Balaban J connectivity index is 1.85.